The lowest BCUT2D eigenvalue weighted by atomic mass is 10.0. The van der Waals surface area contributed by atoms with Crippen molar-refractivity contribution in [1.29, 1.82) is 0 Å². The van der Waals surface area contributed by atoms with E-state index in [1.165, 1.54) is 0 Å². The van der Waals surface area contributed by atoms with Crippen LogP contribution in [0.25, 0.3) is 0 Å². The van der Waals surface area contributed by atoms with E-state index < -0.39 is 0 Å². The van der Waals surface area contributed by atoms with Gasteiger partial charge in [0.25, 0.3) is 0 Å². The van der Waals surface area contributed by atoms with Crippen molar-refractivity contribution in [3.63, 3.8) is 0 Å². The summed E-state index contributed by atoms with van der Waals surface area (Å²) in [5.74, 6) is 0.569. The van der Waals surface area contributed by atoms with Crippen LogP contribution in [0.15, 0.2) is 22.7 Å². The van der Waals surface area contributed by atoms with Crippen molar-refractivity contribution in [2.75, 3.05) is 6.61 Å². The zero-order chi connectivity index (χ0) is 12.8. The normalized spacial score (nSPS) is 13.1. The summed E-state index contributed by atoms with van der Waals surface area (Å²) in [5.41, 5.74) is 1.05. The molecule has 0 spiro atoms. The van der Waals surface area contributed by atoms with Gasteiger partial charge in [0, 0.05) is 22.1 Å². The van der Waals surface area contributed by atoms with Gasteiger partial charge >= 0.3 is 0 Å². The highest BCUT2D eigenvalue weighted by atomic mass is 79.9. The van der Waals surface area contributed by atoms with Crippen LogP contribution >= 0.6 is 27.5 Å². The lowest BCUT2D eigenvalue weighted by Gasteiger charge is -2.18. The van der Waals surface area contributed by atoms with Crippen molar-refractivity contribution in [2.24, 2.45) is 5.92 Å². The minimum absolute atomic E-state index is 0.134. The summed E-state index contributed by atoms with van der Waals surface area (Å²) in [7, 11) is 0. The van der Waals surface area contributed by atoms with Crippen LogP contribution in [0.2, 0.25) is 5.02 Å². The Labute approximate surface area is 117 Å². The molecule has 0 saturated carbocycles. The molecule has 0 aliphatic carbocycles. The van der Waals surface area contributed by atoms with E-state index in [1.54, 1.807) is 0 Å². The highest BCUT2D eigenvalue weighted by molar-refractivity contribution is 9.10. The van der Waals surface area contributed by atoms with Crippen LogP contribution < -0.4 is 5.32 Å². The van der Waals surface area contributed by atoms with E-state index in [0.717, 1.165) is 21.5 Å². The molecule has 1 unspecified atom stereocenters. The van der Waals surface area contributed by atoms with Gasteiger partial charge in [0.05, 0.1) is 6.61 Å². The van der Waals surface area contributed by atoms with E-state index in [0.29, 0.717) is 12.5 Å². The summed E-state index contributed by atoms with van der Waals surface area (Å²) in [4.78, 5) is 0. The van der Waals surface area contributed by atoms with Crippen LogP contribution in [0.3, 0.4) is 0 Å². The van der Waals surface area contributed by atoms with E-state index in [1.807, 2.05) is 18.2 Å². The number of benzene rings is 1. The molecule has 1 atom stereocenters. The molecule has 0 aliphatic rings. The molecular formula is C13H19BrClNO. The first-order valence-corrected chi connectivity index (χ1v) is 6.98. The number of hydrogen-bond acceptors (Lipinski definition) is 2. The number of rotatable bonds is 6. The Bertz CT molecular complexity index is 357. The summed E-state index contributed by atoms with van der Waals surface area (Å²) in [5, 5.41) is 13.3. The monoisotopic (exact) mass is 319 g/mol. The first-order chi connectivity index (χ1) is 8.02. The van der Waals surface area contributed by atoms with E-state index >= 15 is 0 Å². The maximum absolute atomic E-state index is 9.26. The van der Waals surface area contributed by atoms with Crippen LogP contribution in [-0.2, 0) is 6.54 Å². The third-order valence-electron chi connectivity index (χ3n) is 2.57. The summed E-state index contributed by atoms with van der Waals surface area (Å²) in [6, 6.07) is 5.98. The third kappa shape index (κ3) is 5.38. The quantitative estimate of drug-likeness (QED) is 0.839. The van der Waals surface area contributed by atoms with Crippen LogP contribution in [0, 0.1) is 5.92 Å². The lowest BCUT2D eigenvalue weighted by molar-refractivity contribution is 0.223. The van der Waals surface area contributed by atoms with Gasteiger partial charge < -0.3 is 10.4 Å². The van der Waals surface area contributed by atoms with E-state index in [2.05, 4.69) is 35.1 Å². The van der Waals surface area contributed by atoms with E-state index in [-0.39, 0.29) is 12.6 Å². The Hall–Kier alpha value is -0.0900. The second-order valence-electron chi connectivity index (χ2n) is 4.63. The van der Waals surface area contributed by atoms with Crippen LogP contribution in [-0.4, -0.2) is 17.8 Å². The molecule has 1 rings (SSSR count). The van der Waals surface area contributed by atoms with Gasteiger partial charge in [-0.1, -0.05) is 47.4 Å². The fourth-order valence-electron chi connectivity index (χ4n) is 1.71. The van der Waals surface area contributed by atoms with Crippen molar-refractivity contribution >= 4 is 27.5 Å². The fourth-order valence-corrected chi connectivity index (χ4v) is 2.45. The maximum atomic E-state index is 9.26. The summed E-state index contributed by atoms with van der Waals surface area (Å²) in [6.07, 6.45) is 0.963. The van der Waals surface area contributed by atoms with Gasteiger partial charge in [-0.15, -0.1) is 0 Å². The predicted octanol–water partition coefficient (Wildman–Crippen LogP) is 3.60. The molecule has 17 heavy (non-hydrogen) atoms. The molecule has 0 radical (unpaired) electrons. The van der Waals surface area contributed by atoms with Crippen molar-refractivity contribution < 1.29 is 5.11 Å². The van der Waals surface area contributed by atoms with Crippen molar-refractivity contribution in [1.82, 2.24) is 5.32 Å². The van der Waals surface area contributed by atoms with Gasteiger partial charge in [-0.2, -0.15) is 0 Å². The molecule has 0 saturated heterocycles. The first-order valence-electron chi connectivity index (χ1n) is 5.81. The Morgan fingerprint density at radius 3 is 2.65 bits per heavy atom. The van der Waals surface area contributed by atoms with Crippen molar-refractivity contribution in [3.05, 3.63) is 33.3 Å². The second-order valence-corrected chi connectivity index (χ2v) is 5.95. The smallest absolute Gasteiger partial charge is 0.0584 e. The number of aliphatic hydroxyl groups excluding tert-OH is 1. The Morgan fingerprint density at radius 2 is 2.12 bits per heavy atom. The fraction of sp³-hybridized carbons (Fsp3) is 0.538. The number of nitrogens with one attached hydrogen (secondary N) is 1. The highest BCUT2D eigenvalue weighted by Gasteiger charge is 2.10. The predicted molar refractivity (Wildman–Crippen MR) is 76.3 cm³/mol. The number of aliphatic hydroxyl groups is 1. The zero-order valence-electron chi connectivity index (χ0n) is 10.2. The molecule has 1 aromatic carbocycles. The molecule has 2 nitrogen and oxygen atoms in total. The molecule has 1 aromatic rings. The molecule has 0 bridgehead atoms. The average Bonchev–Trinajstić information content (AvgIpc) is 2.25. The number of halogens is 2. The molecular weight excluding hydrogens is 302 g/mol. The van der Waals surface area contributed by atoms with Crippen molar-refractivity contribution in [3.8, 4) is 0 Å². The van der Waals surface area contributed by atoms with Gasteiger partial charge in [-0.05, 0) is 30.0 Å². The molecule has 0 aliphatic heterocycles. The molecule has 96 valence electrons. The third-order valence-corrected chi connectivity index (χ3v) is 3.42. The van der Waals surface area contributed by atoms with Gasteiger partial charge in [0.15, 0.2) is 0 Å². The molecule has 0 fully saturated rings. The average molecular weight is 321 g/mol. The summed E-state index contributed by atoms with van der Waals surface area (Å²) >= 11 is 9.51. The maximum Gasteiger partial charge on any atom is 0.0584 e. The molecule has 0 heterocycles. The minimum atomic E-state index is 0.134. The largest absolute Gasteiger partial charge is 0.395 e. The van der Waals surface area contributed by atoms with E-state index in [9.17, 15) is 5.11 Å². The minimum Gasteiger partial charge on any atom is -0.395 e. The van der Waals surface area contributed by atoms with Gasteiger partial charge in [0.1, 0.15) is 0 Å². The topological polar surface area (TPSA) is 32.3 Å². The van der Waals surface area contributed by atoms with Crippen LogP contribution in [0.4, 0.5) is 0 Å². The second kappa shape index (κ2) is 7.37. The molecule has 4 heteroatoms. The Balaban J connectivity index is 2.53. The van der Waals surface area contributed by atoms with Gasteiger partial charge in [-0.3, -0.25) is 0 Å². The Kier molecular flexibility index (Phi) is 6.49. The van der Waals surface area contributed by atoms with Crippen molar-refractivity contribution in [2.45, 2.75) is 32.9 Å². The number of hydrogen-bond donors (Lipinski definition) is 2. The SMILES string of the molecule is CC(C)CC(CO)NCc1ccc(Br)cc1Cl. The standard InChI is InChI=1S/C13H19BrClNO/c1-9(2)5-12(8-17)16-7-10-3-4-11(14)6-13(10)15/h3-4,6,9,12,16-17H,5,7-8H2,1-2H3. The highest BCUT2D eigenvalue weighted by Crippen LogP contribution is 2.21. The van der Waals surface area contributed by atoms with Crippen LogP contribution in [0.5, 0.6) is 0 Å². The van der Waals surface area contributed by atoms with Crippen LogP contribution in [0.1, 0.15) is 25.8 Å². The molecule has 0 aromatic heterocycles. The molecule has 0 amide bonds. The Morgan fingerprint density at radius 1 is 1.41 bits per heavy atom. The van der Waals surface area contributed by atoms with Gasteiger partial charge in [0.2, 0.25) is 0 Å². The molecule has 2 N–H and O–H groups in total. The summed E-state index contributed by atoms with van der Waals surface area (Å²) in [6.45, 7) is 5.14. The lowest BCUT2D eigenvalue weighted by Crippen LogP contribution is -2.33. The first kappa shape index (κ1) is 15.0. The summed E-state index contributed by atoms with van der Waals surface area (Å²) < 4.78 is 0.979. The van der Waals surface area contributed by atoms with Gasteiger partial charge in [-0.25, -0.2) is 0 Å². The van der Waals surface area contributed by atoms with E-state index in [4.69, 9.17) is 11.6 Å². The zero-order valence-corrected chi connectivity index (χ0v) is 12.6.